The maximum atomic E-state index is 13.0. The molecule has 0 aromatic rings. The monoisotopic (exact) mass is 1100 g/mol. The molecule has 0 rings (SSSR count). The molecule has 3 unspecified atom stereocenters. The third kappa shape index (κ3) is 60.9. The van der Waals surface area contributed by atoms with Crippen molar-refractivity contribution in [2.75, 3.05) is 40.9 Å². The second-order valence-corrected chi connectivity index (χ2v) is 26.4. The Labute approximate surface area is 475 Å². The summed E-state index contributed by atoms with van der Waals surface area (Å²) in [5, 5.41) is 14.0. The van der Waals surface area contributed by atoms with E-state index in [1.54, 1.807) is 6.08 Å². The topological polar surface area (TPSA) is 105 Å². The number of phosphoric ester groups is 1. The van der Waals surface area contributed by atoms with Gasteiger partial charge in [0.2, 0.25) is 5.91 Å². The summed E-state index contributed by atoms with van der Waals surface area (Å²) < 4.78 is 23.8. The van der Waals surface area contributed by atoms with E-state index in [4.69, 9.17) is 9.05 Å². The number of aliphatic hydroxyl groups is 1. The molecule has 0 saturated heterocycles. The Morgan fingerprint density at radius 3 is 0.974 bits per heavy atom. The van der Waals surface area contributed by atoms with Crippen molar-refractivity contribution in [1.82, 2.24) is 5.32 Å². The molecule has 0 aromatic carbocycles. The van der Waals surface area contributed by atoms with Crippen LogP contribution in [-0.2, 0) is 18.4 Å². The Hall–Kier alpha value is -0.760. The number of hydrogen-bond acceptors (Lipinski definition) is 5. The average Bonchev–Trinajstić information content (AvgIpc) is 3.38. The van der Waals surface area contributed by atoms with Gasteiger partial charge >= 0.3 is 7.82 Å². The van der Waals surface area contributed by atoms with Gasteiger partial charge in [-0.1, -0.05) is 347 Å². The largest absolute Gasteiger partial charge is 0.472 e. The third-order valence-corrected chi connectivity index (χ3v) is 17.0. The number of hydrogen-bond donors (Lipinski definition) is 3. The van der Waals surface area contributed by atoms with Crippen molar-refractivity contribution in [3.63, 3.8) is 0 Å². The van der Waals surface area contributed by atoms with E-state index < -0.39 is 20.0 Å². The van der Waals surface area contributed by atoms with Crippen LogP contribution in [0.5, 0.6) is 0 Å². The Morgan fingerprint density at radius 1 is 0.434 bits per heavy atom. The zero-order valence-corrected chi connectivity index (χ0v) is 52.9. The van der Waals surface area contributed by atoms with Crippen molar-refractivity contribution in [2.24, 2.45) is 0 Å². The molecule has 0 heterocycles. The Morgan fingerprint density at radius 2 is 0.697 bits per heavy atom. The number of phosphoric acid groups is 1. The second kappa shape index (κ2) is 58.9. The van der Waals surface area contributed by atoms with Crippen LogP contribution in [0.25, 0.3) is 0 Å². The highest BCUT2D eigenvalue weighted by atomic mass is 31.2. The number of carbonyl (C=O) groups excluding carboxylic acids is 1. The molecular formula is C67H136N2O6P+. The van der Waals surface area contributed by atoms with Crippen LogP contribution in [0.4, 0.5) is 0 Å². The van der Waals surface area contributed by atoms with Crippen LogP contribution in [0.3, 0.4) is 0 Å². The second-order valence-electron chi connectivity index (χ2n) is 24.9. The minimum absolute atomic E-state index is 0.0655. The molecule has 0 aliphatic carbocycles. The highest BCUT2D eigenvalue weighted by molar-refractivity contribution is 7.47. The van der Waals surface area contributed by atoms with E-state index in [9.17, 15) is 19.4 Å². The summed E-state index contributed by atoms with van der Waals surface area (Å²) in [5.74, 6) is -0.167. The molecule has 76 heavy (non-hydrogen) atoms. The first-order valence-electron chi connectivity index (χ1n) is 34.1. The highest BCUT2D eigenvalue weighted by Gasteiger charge is 2.28. The van der Waals surface area contributed by atoms with E-state index >= 15 is 0 Å². The van der Waals surface area contributed by atoms with Crippen LogP contribution in [0.2, 0.25) is 0 Å². The Kier molecular flexibility index (Phi) is 58.3. The molecule has 0 spiro atoms. The van der Waals surface area contributed by atoms with Gasteiger partial charge in [-0.05, 0) is 19.3 Å². The predicted octanol–water partition coefficient (Wildman–Crippen LogP) is 21.3. The predicted molar refractivity (Wildman–Crippen MR) is 332 cm³/mol. The van der Waals surface area contributed by atoms with Crippen molar-refractivity contribution in [2.45, 2.75) is 373 Å². The molecule has 0 aliphatic rings. The summed E-state index contributed by atoms with van der Waals surface area (Å²) in [6.07, 6.45) is 74.9. The quantitative estimate of drug-likeness (QED) is 0.0243. The number of rotatable bonds is 64. The van der Waals surface area contributed by atoms with Gasteiger partial charge in [-0.2, -0.15) is 0 Å². The number of aliphatic hydroxyl groups excluding tert-OH is 1. The lowest BCUT2D eigenvalue weighted by Gasteiger charge is -2.25. The van der Waals surface area contributed by atoms with Gasteiger partial charge in [-0.3, -0.25) is 13.8 Å². The van der Waals surface area contributed by atoms with Gasteiger partial charge in [0.1, 0.15) is 13.2 Å². The maximum Gasteiger partial charge on any atom is 0.472 e. The average molecular weight is 1100 g/mol. The summed E-state index contributed by atoms with van der Waals surface area (Å²) in [6.45, 7) is 4.89. The molecule has 9 heteroatoms. The van der Waals surface area contributed by atoms with E-state index in [0.717, 1.165) is 32.1 Å². The third-order valence-electron chi connectivity index (χ3n) is 16.0. The van der Waals surface area contributed by atoms with Gasteiger partial charge < -0.3 is 19.8 Å². The molecule has 0 saturated carbocycles. The number of quaternary nitrogens is 1. The van der Waals surface area contributed by atoms with Gasteiger partial charge in [0.25, 0.3) is 0 Å². The van der Waals surface area contributed by atoms with Gasteiger partial charge in [0.05, 0.1) is 39.9 Å². The summed E-state index contributed by atoms with van der Waals surface area (Å²) in [6, 6.07) is -0.843. The Balaban J connectivity index is 4.05. The fraction of sp³-hybridized carbons (Fsp3) is 0.955. The number of nitrogens with one attached hydrogen (secondary N) is 1. The molecule has 1 amide bonds. The number of carbonyl (C=O) groups is 1. The molecule has 0 aliphatic heterocycles. The Bertz CT molecular complexity index is 1240. The van der Waals surface area contributed by atoms with Crippen LogP contribution in [0, 0.1) is 0 Å². The summed E-state index contributed by atoms with van der Waals surface area (Å²) >= 11 is 0. The first-order valence-corrected chi connectivity index (χ1v) is 35.6. The standard InChI is InChI=1S/C67H135N2O6P/c1-6-8-10-12-14-16-18-20-22-24-26-28-30-32-33-34-35-37-39-41-43-45-47-49-51-53-55-57-59-61-67(71)68-65(64-75-76(72,73)74-63-62-69(3,4)5)66(70)60-58-56-54-52-50-48-46-44-42-40-38-36-31-29-27-25-23-21-19-17-15-13-11-9-7-2/h58,60,65-66,70H,6-57,59,61-64H2,1-5H3,(H-,68,71,72,73)/p+1/b60-58+. The number of amides is 1. The van der Waals surface area contributed by atoms with Crippen LogP contribution < -0.4 is 5.32 Å². The van der Waals surface area contributed by atoms with E-state index in [1.807, 2.05) is 27.2 Å². The van der Waals surface area contributed by atoms with Crippen molar-refractivity contribution in [3.05, 3.63) is 12.2 Å². The zero-order valence-electron chi connectivity index (χ0n) is 52.0. The maximum absolute atomic E-state index is 13.0. The summed E-state index contributed by atoms with van der Waals surface area (Å²) in [5.41, 5.74) is 0. The van der Waals surface area contributed by atoms with Crippen molar-refractivity contribution in [1.29, 1.82) is 0 Å². The fourth-order valence-electron chi connectivity index (χ4n) is 10.7. The normalized spacial score (nSPS) is 13.7. The minimum Gasteiger partial charge on any atom is -0.387 e. The van der Waals surface area contributed by atoms with E-state index in [1.165, 1.54) is 308 Å². The number of allylic oxidation sites excluding steroid dienone is 1. The molecular weight excluding hydrogens is 960 g/mol. The van der Waals surface area contributed by atoms with Crippen molar-refractivity contribution < 1.29 is 32.9 Å². The molecule has 3 N–H and O–H groups in total. The van der Waals surface area contributed by atoms with Crippen LogP contribution in [0.1, 0.15) is 361 Å². The number of unbranched alkanes of at least 4 members (excludes halogenated alkanes) is 51. The molecule has 0 radical (unpaired) electrons. The van der Waals surface area contributed by atoms with Crippen molar-refractivity contribution in [3.8, 4) is 0 Å². The smallest absolute Gasteiger partial charge is 0.387 e. The minimum atomic E-state index is -4.35. The summed E-state index contributed by atoms with van der Waals surface area (Å²) in [4.78, 5) is 23.4. The van der Waals surface area contributed by atoms with E-state index in [2.05, 4.69) is 19.2 Å². The number of nitrogens with zero attached hydrogens (tertiary/aromatic N) is 1. The molecule has 0 bridgehead atoms. The lowest BCUT2D eigenvalue weighted by Crippen LogP contribution is -2.45. The fourth-order valence-corrected chi connectivity index (χ4v) is 11.4. The SMILES string of the molecule is CCCCCCCCCCCCCCCCCCCCCCCCC/C=C/C(O)C(COP(=O)(O)OCC[N+](C)(C)C)NC(=O)CCCCCCCCCCCCCCCCCCCCCCCCCCCCCCC. The van der Waals surface area contributed by atoms with E-state index in [-0.39, 0.29) is 19.1 Å². The van der Waals surface area contributed by atoms with Crippen LogP contribution in [-0.4, -0.2) is 73.4 Å². The highest BCUT2D eigenvalue weighted by Crippen LogP contribution is 2.43. The van der Waals surface area contributed by atoms with Gasteiger partial charge in [0.15, 0.2) is 0 Å². The number of likely N-dealkylation sites (N-methyl/N-ethyl adjacent to an activating group) is 1. The lowest BCUT2D eigenvalue weighted by molar-refractivity contribution is -0.870. The van der Waals surface area contributed by atoms with Crippen LogP contribution in [0.15, 0.2) is 12.2 Å². The molecule has 0 fully saturated rings. The van der Waals surface area contributed by atoms with Gasteiger partial charge in [-0.25, -0.2) is 4.57 Å². The molecule has 454 valence electrons. The van der Waals surface area contributed by atoms with Gasteiger partial charge in [-0.15, -0.1) is 0 Å². The van der Waals surface area contributed by atoms with E-state index in [0.29, 0.717) is 17.4 Å². The molecule has 8 nitrogen and oxygen atoms in total. The van der Waals surface area contributed by atoms with Crippen molar-refractivity contribution >= 4 is 13.7 Å². The first-order chi connectivity index (χ1) is 37.0. The molecule has 0 aromatic heterocycles. The lowest BCUT2D eigenvalue weighted by atomic mass is 10.0. The first kappa shape index (κ1) is 75.2. The molecule has 3 atom stereocenters. The van der Waals surface area contributed by atoms with Crippen LogP contribution >= 0.6 is 7.82 Å². The van der Waals surface area contributed by atoms with Gasteiger partial charge in [0, 0.05) is 6.42 Å². The zero-order chi connectivity index (χ0) is 55.6. The summed E-state index contributed by atoms with van der Waals surface area (Å²) in [7, 11) is 1.60.